The van der Waals surface area contributed by atoms with Crippen molar-refractivity contribution in [2.24, 2.45) is 9.74 Å². The summed E-state index contributed by atoms with van der Waals surface area (Å²) in [6.07, 6.45) is 7.07. The van der Waals surface area contributed by atoms with Gasteiger partial charge in [-0.2, -0.15) is 0 Å². The van der Waals surface area contributed by atoms with Gasteiger partial charge in [0.05, 0.1) is 22.7 Å². The summed E-state index contributed by atoms with van der Waals surface area (Å²) in [6, 6.07) is 16.7. The molecule has 0 bridgehead atoms. The molecule has 0 saturated carbocycles. The lowest BCUT2D eigenvalue weighted by molar-refractivity contribution is -0.385. The van der Waals surface area contributed by atoms with E-state index in [0.717, 1.165) is 11.3 Å². The van der Waals surface area contributed by atoms with Crippen molar-refractivity contribution >= 4 is 30.7 Å². The number of hydrogen-bond acceptors (Lipinski definition) is 4. The molecule has 0 aliphatic heterocycles. The fourth-order valence-corrected chi connectivity index (χ4v) is 3.19. The predicted octanol–water partition coefficient (Wildman–Crippen LogP) is 5.81. The SMILES string of the molecule is CP(C)(C)=N/C(=C\CN=C/C=C/c1ccccc1[N+](=O)[O-])c1ccccc1. The molecule has 0 saturated heterocycles. The van der Waals surface area contributed by atoms with Gasteiger partial charge in [-0.3, -0.25) is 19.9 Å². The summed E-state index contributed by atoms with van der Waals surface area (Å²) < 4.78 is 4.88. The first kappa shape index (κ1) is 20.5. The maximum Gasteiger partial charge on any atom is 0.276 e. The van der Waals surface area contributed by atoms with Gasteiger partial charge in [0.2, 0.25) is 0 Å². The molecule has 27 heavy (non-hydrogen) atoms. The third-order valence-corrected chi connectivity index (χ3v) is 4.28. The maximum atomic E-state index is 11.0. The fraction of sp³-hybridized carbons (Fsp3) is 0.190. The van der Waals surface area contributed by atoms with Crippen LogP contribution in [0, 0.1) is 10.1 Å². The lowest BCUT2D eigenvalue weighted by atomic mass is 10.1. The molecule has 0 aliphatic rings. The number of benzene rings is 2. The molecule has 0 amide bonds. The maximum absolute atomic E-state index is 11.0. The Morgan fingerprint density at radius 2 is 1.74 bits per heavy atom. The van der Waals surface area contributed by atoms with Crippen LogP contribution in [-0.4, -0.2) is 37.7 Å². The second kappa shape index (κ2) is 9.79. The van der Waals surface area contributed by atoms with E-state index in [4.69, 9.17) is 4.74 Å². The van der Waals surface area contributed by atoms with Crippen LogP contribution >= 0.6 is 7.05 Å². The number of rotatable bonds is 7. The molecular formula is C21H24N3O2P. The van der Waals surface area contributed by atoms with Gasteiger partial charge in [0.1, 0.15) is 0 Å². The van der Waals surface area contributed by atoms with Gasteiger partial charge in [-0.05, 0) is 56.9 Å². The van der Waals surface area contributed by atoms with E-state index < -0.39 is 7.05 Å². The average Bonchev–Trinajstić information content (AvgIpc) is 2.63. The number of nitro benzene ring substituents is 1. The summed E-state index contributed by atoms with van der Waals surface area (Å²) in [6.45, 7) is 7.00. The van der Waals surface area contributed by atoms with Crippen LogP contribution in [0.3, 0.4) is 0 Å². The van der Waals surface area contributed by atoms with E-state index in [1.165, 1.54) is 6.07 Å². The normalized spacial score (nSPS) is 12.6. The molecule has 0 atom stereocenters. The van der Waals surface area contributed by atoms with E-state index in [1.807, 2.05) is 36.4 Å². The number of nitro groups is 1. The van der Waals surface area contributed by atoms with Crippen molar-refractivity contribution in [3.05, 3.63) is 88.0 Å². The van der Waals surface area contributed by atoms with Gasteiger partial charge in [-0.25, -0.2) is 0 Å². The van der Waals surface area contributed by atoms with Crippen LogP contribution in [0.25, 0.3) is 11.8 Å². The quantitative estimate of drug-likeness (QED) is 0.263. The standard InChI is InChI=1S/C21H24N3O2P/c1-27(2,3)23-20(18-10-5-4-6-11-18)15-17-22-16-9-13-19-12-7-8-14-21(19)24(25)26/h4-16H,17H2,1-3H3/b13-9+,20-15-,22-16?. The zero-order chi connectivity index (χ0) is 19.7. The molecule has 0 radical (unpaired) electrons. The van der Waals surface area contributed by atoms with Crippen molar-refractivity contribution in [2.75, 3.05) is 26.5 Å². The summed E-state index contributed by atoms with van der Waals surface area (Å²) in [5, 5.41) is 11.0. The number of allylic oxidation sites excluding steroid dienone is 1. The fourth-order valence-electron chi connectivity index (χ4n) is 2.35. The Morgan fingerprint density at radius 3 is 2.41 bits per heavy atom. The monoisotopic (exact) mass is 381 g/mol. The van der Waals surface area contributed by atoms with Gasteiger partial charge in [-0.1, -0.05) is 42.5 Å². The minimum absolute atomic E-state index is 0.0846. The Hall–Kier alpha value is -2.78. The van der Waals surface area contributed by atoms with Crippen molar-refractivity contribution in [3.8, 4) is 0 Å². The summed E-state index contributed by atoms with van der Waals surface area (Å²) in [5.41, 5.74) is 2.68. The molecule has 0 N–H and O–H groups in total. The van der Waals surface area contributed by atoms with Gasteiger partial charge in [0.25, 0.3) is 5.69 Å². The first-order chi connectivity index (χ1) is 12.9. The highest BCUT2D eigenvalue weighted by atomic mass is 31.2. The van der Waals surface area contributed by atoms with Crippen molar-refractivity contribution < 1.29 is 4.92 Å². The number of hydrogen-bond donors (Lipinski definition) is 0. The lowest BCUT2D eigenvalue weighted by Gasteiger charge is -2.09. The van der Waals surface area contributed by atoms with Crippen molar-refractivity contribution in [2.45, 2.75) is 0 Å². The Morgan fingerprint density at radius 1 is 1.07 bits per heavy atom. The van der Waals surface area contributed by atoms with Gasteiger partial charge in [-0.15, -0.1) is 0 Å². The first-order valence-corrected chi connectivity index (χ1v) is 11.7. The van der Waals surface area contributed by atoms with Gasteiger partial charge < -0.3 is 0 Å². The second-order valence-corrected chi connectivity index (χ2v) is 10.8. The number of nitrogens with zero attached hydrogens (tertiary/aromatic N) is 3. The lowest BCUT2D eigenvalue weighted by Crippen LogP contribution is -1.90. The molecule has 0 fully saturated rings. The molecule has 5 nitrogen and oxygen atoms in total. The molecule has 140 valence electrons. The van der Waals surface area contributed by atoms with Gasteiger partial charge >= 0.3 is 0 Å². The van der Waals surface area contributed by atoms with Crippen LogP contribution in [0.15, 0.2) is 76.5 Å². The van der Waals surface area contributed by atoms with Crippen LogP contribution in [0.2, 0.25) is 0 Å². The highest BCUT2D eigenvalue weighted by Crippen LogP contribution is 2.39. The third-order valence-electron chi connectivity index (χ3n) is 3.47. The van der Waals surface area contributed by atoms with E-state index in [1.54, 1.807) is 36.6 Å². The molecule has 0 unspecified atom stereocenters. The van der Waals surface area contributed by atoms with Crippen LogP contribution in [0.4, 0.5) is 5.69 Å². The highest BCUT2D eigenvalue weighted by Gasteiger charge is 2.08. The van der Waals surface area contributed by atoms with Crippen molar-refractivity contribution in [1.82, 2.24) is 0 Å². The van der Waals surface area contributed by atoms with Crippen LogP contribution in [0.5, 0.6) is 0 Å². The Labute approximate surface area is 160 Å². The minimum atomic E-state index is -1.33. The second-order valence-electron chi connectivity index (χ2n) is 6.69. The Bertz CT molecular complexity index is 917. The van der Waals surface area contributed by atoms with E-state index in [-0.39, 0.29) is 10.6 Å². The minimum Gasteiger partial charge on any atom is -0.289 e. The summed E-state index contributed by atoms with van der Waals surface area (Å²) in [7, 11) is -1.33. The largest absolute Gasteiger partial charge is 0.289 e. The van der Waals surface area contributed by atoms with Crippen LogP contribution in [0.1, 0.15) is 11.1 Å². The average molecular weight is 381 g/mol. The highest BCUT2D eigenvalue weighted by molar-refractivity contribution is 7.64. The van der Waals surface area contributed by atoms with E-state index in [2.05, 4.69) is 25.0 Å². The molecular weight excluding hydrogens is 357 g/mol. The van der Waals surface area contributed by atoms with E-state index >= 15 is 0 Å². The molecule has 6 heteroatoms. The zero-order valence-corrected chi connectivity index (χ0v) is 16.7. The first-order valence-electron chi connectivity index (χ1n) is 8.57. The summed E-state index contributed by atoms with van der Waals surface area (Å²) >= 11 is 0. The van der Waals surface area contributed by atoms with E-state index in [0.29, 0.717) is 12.1 Å². The van der Waals surface area contributed by atoms with Gasteiger partial charge in [0, 0.05) is 12.3 Å². The molecule has 2 aromatic carbocycles. The Kier molecular flexibility index (Phi) is 7.44. The zero-order valence-electron chi connectivity index (χ0n) is 15.8. The van der Waals surface area contributed by atoms with Crippen LogP contribution < -0.4 is 0 Å². The Balaban J connectivity index is 2.11. The third kappa shape index (κ3) is 7.16. The van der Waals surface area contributed by atoms with E-state index in [9.17, 15) is 10.1 Å². The van der Waals surface area contributed by atoms with Crippen LogP contribution in [-0.2, 0) is 0 Å². The van der Waals surface area contributed by atoms with Crippen molar-refractivity contribution in [3.63, 3.8) is 0 Å². The molecule has 0 aromatic heterocycles. The smallest absolute Gasteiger partial charge is 0.276 e. The molecule has 2 aromatic rings. The summed E-state index contributed by atoms with van der Waals surface area (Å²) in [5.74, 6) is 0. The molecule has 0 aliphatic carbocycles. The number of aliphatic imine (C=N–C) groups is 1. The van der Waals surface area contributed by atoms with Crippen molar-refractivity contribution in [1.29, 1.82) is 0 Å². The molecule has 0 spiro atoms. The topological polar surface area (TPSA) is 67.9 Å². The number of para-hydroxylation sites is 1. The molecule has 0 heterocycles. The predicted molar refractivity (Wildman–Crippen MR) is 117 cm³/mol. The molecule has 2 rings (SSSR count). The summed E-state index contributed by atoms with van der Waals surface area (Å²) in [4.78, 5) is 15.0. The van der Waals surface area contributed by atoms with Gasteiger partial charge in [0.15, 0.2) is 0 Å².